The normalized spacial score (nSPS) is 11.3. The second-order valence-electron chi connectivity index (χ2n) is 10.6. The zero-order valence-corrected chi connectivity index (χ0v) is 29.3. The van der Waals surface area contributed by atoms with Gasteiger partial charge in [0.05, 0.1) is 7.11 Å². The number of hydrogen-bond acceptors (Lipinski definition) is 7. The lowest BCUT2D eigenvalue weighted by Crippen LogP contribution is -2.66. The van der Waals surface area contributed by atoms with Crippen molar-refractivity contribution in [3.05, 3.63) is 121 Å². The molecule has 0 radical (unpaired) electrons. The summed E-state index contributed by atoms with van der Waals surface area (Å²) in [5.74, 6) is -30.7. The van der Waals surface area contributed by atoms with Gasteiger partial charge >= 0.3 is 53.7 Å². The number of hydrogen-bond donors (Lipinski definition) is 1. The molecule has 0 spiro atoms. The molecule has 0 aromatic heterocycles. The third-order valence-corrected chi connectivity index (χ3v) is 6.20. The van der Waals surface area contributed by atoms with Crippen LogP contribution >= 0.6 is 0 Å². The van der Waals surface area contributed by atoms with E-state index in [4.69, 9.17) is 14.6 Å². The maximum absolute atomic E-state index is 13.2. The topological polar surface area (TPSA) is 116 Å². The second kappa shape index (κ2) is 23.3. The summed E-state index contributed by atoms with van der Waals surface area (Å²) < 4.78 is 153. The average molecular weight is 807 g/mol. The first-order valence-corrected chi connectivity index (χ1v) is 15.1. The Morgan fingerprint density at radius 3 is 1.42 bits per heavy atom. The molecule has 0 saturated carbocycles. The van der Waals surface area contributed by atoms with E-state index in [1.54, 1.807) is 6.92 Å². The third kappa shape index (κ3) is 17.5. The Morgan fingerprint density at radius 2 is 1.09 bits per heavy atom. The van der Waals surface area contributed by atoms with Crippen LogP contribution in [0.15, 0.2) is 110 Å². The van der Waals surface area contributed by atoms with Gasteiger partial charge < -0.3 is 19.3 Å². The number of carbonyl (C=O) groups excluding carboxylic acids is 3. The number of rotatable bonds is 15. The molecule has 2 aromatic carbocycles. The van der Waals surface area contributed by atoms with Gasteiger partial charge in [0.15, 0.2) is 0 Å². The molecule has 0 fully saturated rings. The van der Waals surface area contributed by atoms with Crippen molar-refractivity contribution in [2.75, 3.05) is 7.11 Å². The van der Waals surface area contributed by atoms with Crippen LogP contribution in [0.3, 0.4) is 0 Å². The van der Waals surface area contributed by atoms with E-state index in [2.05, 4.69) is 31.1 Å². The fraction of sp³-hybridized carbons (Fsp3) is 0.333. The van der Waals surface area contributed by atoms with Crippen molar-refractivity contribution >= 4 is 23.9 Å². The van der Waals surface area contributed by atoms with E-state index in [1.807, 2.05) is 60.7 Å². The number of methoxy groups -OCH3 is 1. The molecule has 1 N–H and O–H groups in total. The highest BCUT2D eigenvalue weighted by Crippen LogP contribution is 2.58. The Balaban J connectivity index is 0. The molecule has 0 saturated heterocycles. The van der Waals surface area contributed by atoms with Crippen molar-refractivity contribution in [2.24, 2.45) is 0 Å². The van der Waals surface area contributed by atoms with Crippen molar-refractivity contribution in [2.45, 2.75) is 69.3 Å². The predicted molar refractivity (Wildman–Crippen MR) is 176 cm³/mol. The fourth-order valence-corrected chi connectivity index (χ4v) is 3.11. The van der Waals surface area contributed by atoms with Gasteiger partial charge in [-0.2, -0.15) is 48.3 Å². The smallest absolute Gasteiger partial charge is 0.460 e. The van der Waals surface area contributed by atoms with Crippen LogP contribution in [0.2, 0.25) is 0 Å². The number of esters is 3. The summed E-state index contributed by atoms with van der Waals surface area (Å²) in [5.41, 5.74) is 1.61. The van der Waals surface area contributed by atoms with Crippen LogP contribution in [0.25, 0.3) is 0 Å². The molecule has 0 aliphatic carbocycles. The molecule has 19 heteroatoms. The largest absolute Gasteiger partial charge is 0.478 e. The fourth-order valence-electron chi connectivity index (χ4n) is 3.11. The van der Waals surface area contributed by atoms with Gasteiger partial charge in [0.2, 0.25) is 0 Å². The molecule has 0 aliphatic rings. The first kappa shape index (κ1) is 51.6. The molecule has 2 rings (SSSR count). The molecule has 0 unspecified atom stereocenters. The van der Waals surface area contributed by atoms with E-state index in [1.165, 1.54) is 7.11 Å². The number of halogens is 11. The van der Waals surface area contributed by atoms with Crippen LogP contribution < -0.4 is 0 Å². The van der Waals surface area contributed by atoms with Gasteiger partial charge in [0.1, 0.15) is 13.2 Å². The molecule has 0 amide bonds. The molecule has 0 bridgehead atoms. The van der Waals surface area contributed by atoms with Crippen molar-refractivity contribution in [1.29, 1.82) is 0 Å². The molecule has 0 heterocycles. The molecule has 306 valence electrons. The van der Waals surface area contributed by atoms with Crippen molar-refractivity contribution in [3.8, 4) is 0 Å². The summed E-state index contributed by atoms with van der Waals surface area (Å²) in [7, 11) is 1.31. The van der Waals surface area contributed by atoms with Crippen molar-refractivity contribution in [3.63, 3.8) is 0 Å². The minimum atomic E-state index is -7.44. The highest BCUT2D eigenvalue weighted by atomic mass is 19.4. The summed E-state index contributed by atoms with van der Waals surface area (Å²) in [4.78, 5) is 41.8. The van der Waals surface area contributed by atoms with Gasteiger partial charge in [0, 0.05) is 29.7 Å². The summed E-state index contributed by atoms with van der Waals surface area (Å²) in [6, 6.07) is 19.1. The van der Waals surface area contributed by atoms with E-state index in [0.717, 1.165) is 23.3 Å². The Kier molecular flexibility index (Phi) is 21.9. The minimum Gasteiger partial charge on any atom is -0.478 e. The van der Waals surface area contributed by atoms with Crippen molar-refractivity contribution < 1.29 is 86.8 Å². The standard InChI is InChI=1S/C11H9F11O2.C11H12O2.C10H10O2.C4H6O2/c1-5(6(23)24)3-2-4-7(12,13)8(14,15)9(16,17)10(18,19)11(20,21)22;1-9(2)11(12)13-8-10-6-4-3-5-7-10;1-2-10(11)12-8-9-6-4-3-5-7-9;1-3-4(5)6-2/h1-4H2,(H,23,24);3-7H,1,8H2,2H3;2-7H,1,8H2;3H,1H2,2H3. The summed E-state index contributed by atoms with van der Waals surface area (Å²) in [6.45, 7) is 15.0. The quantitative estimate of drug-likeness (QED) is 0.0820. The Bertz CT molecular complexity index is 1580. The maximum Gasteiger partial charge on any atom is 0.460 e. The van der Waals surface area contributed by atoms with Gasteiger partial charge in [0.25, 0.3) is 0 Å². The van der Waals surface area contributed by atoms with Gasteiger partial charge in [-0.15, -0.1) is 0 Å². The zero-order valence-electron chi connectivity index (χ0n) is 29.3. The van der Waals surface area contributed by atoms with Crippen LogP contribution in [-0.2, 0) is 46.6 Å². The van der Waals surface area contributed by atoms with E-state index >= 15 is 0 Å². The number of carboxylic acids is 1. The minimum absolute atomic E-state index is 0.311. The predicted octanol–water partition coefficient (Wildman–Crippen LogP) is 9.47. The summed E-state index contributed by atoms with van der Waals surface area (Å²) in [5, 5.41) is 8.32. The zero-order chi connectivity index (χ0) is 43.3. The van der Waals surface area contributed by atoms with Crippen LogP contribution in [0.4, 0.5) is 48.3 Å². The number of alkyl halides is 11. The monoisotopic (exact) mass is 806 g/mol. The molecular formula is C36H37F11O8. The number of carboxylic acid groups (broad SMARTS) is 1. The average Bonchev–Trinajstić information content (AvgIpc) is 3.13. The number of ether oxygens (including phenoxy) is 3. The lowest BCUT2D eigenvalue weighted by molar-refractivity contribution is -0.422. The molecule has 0 atom stereocenters. The SMILES string of the molecule is C=C(C)C(=O)OCc1ccccc1.C=C(CCCC(F)(F)C(F)(F)C(F)(F)C(F)(F)C(F)(F)F)C(=O)O.C=CC(=O)OC.C=CC(=O)OCc1ccccc1. The van der Waals surface area contributed by atoms with Gasteiger partial charge in [-0.1, -0.05) is 87.0 Å². The van der Waals surface area contributed by atoms with Gasteiger partial charge in [-0.05, 0) is 30.9 Å². The van der Waals surface area contributed by atoms with Crippen LogP contribution in [0.1, 0.15) is 37.3 Å². The Labute approximate surface area is 308 Å². The maximum atomic E-state index is 13.2. The van der Waals surface area contributed by atoms with E-state index < -0.39 is 66.6 Å². The van der Waals surface area contributed by atoms with Crippen LogP contribution in [0, 0.1) is 0 Å². The van der Waals surface area contributed by atoms with E-state index in [9.17, 15) is 67.5 Å². The number of carbonyl (C=O) groups is 4. The van der Waals surface area contributed by atoms with E-state index in [0.29, 0.717) is 18.8 Å². The first-order chi connectivity index (χ1) is 25.2. The Morgan fingerprint density at radius 1 is 0.673 bits per heavy atom. The molecule has 8 nitrogen and oxygen atoms in total. The molecular weight excluding hydrogens is 769 g/mol. The third-order valence-electron chi connectivity index (χ3n) is 6.20. The summed E-state index contributed by atoms with van der Waals surface area (Å²) in [6.07, 6.45) is -9.32. The number of benzene rings is 2. The second-order valence-corrected chi connectivity index (χ2v) is 10.6. The highest BCUT2D eigenvalue weighted by molar-refractivity contribution is 5.87. The lowest BCUT2D eigenvalue weighted by Gasteiger charge is -2.37. The van der Waals surface area contributed by atoms with Gasteiger partial charge in [-0.3, -0.25) is 0 Å². The lowest BCUT2D eigenvalue weighted by atomic mass is 9.94. The summed E-state index contributed by atoms with van der Waals surface area (Å²) >= 11 is 0. The molecule has 0 aliphatic heterocycles. The Hall–Kier alpha value is -5.49. The van der Waals surface area contributed by atoms with Crippen LogP contribution in [-0.4, -0.2) is 66.0 Å². The first-order valence-electron chi connectivity index (χ1n) is 15.1. The number of aliphatic carboxylic acids is 1. The molecule has 55 heavy (non-hydrogen) atoms. The highest BCUT2D eigenvalue weighted by Gasteiger charge is 2.86. The molecule has 2 aromatic rings. The van der Waals surface area contributed by atoms with Gasteiger partial charge in [-0.25, -0.2) is 19.2 Å². The van der Waals surface area contributed by atoms with Crippen LogP contribution in [0.5, 0.6) is 0 Å². The van der Waals surface area contributed by atoms with E-state index in [-0.39, 0.29) is 11.9 Å². The van der Waals surface area contributed by atoms with Crippen molar-refractivity contribution in [1.82, 2.24) is 0 Å².